The van der Waals surface area contributed by atoms with Crippen molar-refractivity contribution in [3.05, 3.63) is 0 Å². The Kier molecular flexibility index (Phi) is 6.45. The highest BCUT2D eigenvalue weighted by molar-refractivity contribution is 5.70. The summed E-state index contributed by atoms with van der Waals surface area (Å²) in [7, 11) is 0. The number of carbonyl (C=O) groups is 1. The second kappa shape index (κ2) is 7.10. The Morgan fingerprint density at radius 2 is 2.18 bits per heavy atom. The van der Waals surface area contributed by atoms with Gasteiger partial charge in [-0.2, -0.15) is 0 Å². The minimum atomic E-state index is -0.370. The lowest BCUT2D eigenvalue weighted by Crippen LogP contribution is -1.99. The maximum absolute atomic E-state index is 10.6. The smallest absolute Gasteiger partial charge is 0.319 e. The number of esters is 1. The van der Waals surface area contributed by atoms with Crippen LogP contribution in [0, 0.1) is 12.5 Å². The summed E-state index contributed by atoms with van der Waals surface area (Å²) in [6.45, 7) is 0.171. The molecule has 0 heterocycles. The van der Waals surface area contributed by atoms with E-state index < -0.39 is 0 Å². The highest BCUT2D eigenvalue weighted by Crippen LogP contribution is 1.99. The molecule has 11 heavy (non-hydrogen) atoms. The van der Waals surface area contributed by atoms with E-state index >= 15 is 0 Å². The summed E-state index contributed by atoms with van der Waals surface area (Å²) in [4.78, 5) is 10.6. The molecule has 0 spiro atoms. The summed E-state index contributed by atoms with van der Waals surface area (Å²) >= 11 is 0. The molecule has 0 aliphatic heterocycles. The van der Waals surface area contributed by atoms with Crippen LogP contribution in [0.15, 0.2) is 0 Å². The first-order chi connectivity index (χ1) is 5.31. The molecule has 0 aromatic rings. The number of aliphatic hydroxyl groups excluding tert-OH is 1. The first kappa shape index (κ1) is 9.99. The van der Waals surface area contributed by atoms with Gasteiger partial charge in [-0.15, -0.1) is 0 Å². The first-order valence-electron chi connectivity index (χ1n) is 3.57. The van der Waals surface area contributed by atoms with E-state index in [0.717, 1.165) is 19.3 Å². The van der Waals surface area contributed by atoms with Crippen LogP contribution in [0.3, 0.4) is 0 Å². The molecule has 0 rings (SSSR count). The van der Waals surface area contributed by atoms with Crippen molar-refractivity contribution in [1.29, 1.82) is 0 Å². The molecule has 0 amide bonds. The van der Waals surface area contributed by atoms with Gasteiger partial charge in [-0.1, -0.05) is 12.8 Å². The summed E-state index contributed by atoms with van der Waals surface area (Å²) in [5, 5.41) is 8.39. The fourth-order valence-electron chi connectivity index (χ4n) is 0.675. The average molecular weight is 156 g/mol. The standard InChI is InChI=1S/C8H12O3/c1-2-11-8(10)6-4-3-5-7-9/h1,9H,3-7H2. The molecule has 0 aromatic heterocycles. The highest BCUT2D eigenvalue weighted by atomic mass is 16.5. The molecular formula is C8H12O3. The molecule has 0 aliphatic rings. The molecular weight excluding hydrogens is 144 g/mol. The van der Waals surface area contributed by atoms with Gasteiger partial charge in [-0.25, -0.2) is 0 Å². The number of unbranched alkanes of at least 4 members (excludes halogenated alkanes) is 2. The van der Waals surface area contributed by atoms with Crippen LogP contribution >= 0.6 is 0 Å². The van der Waals surface area contributed by atoms with Gasteiger partial charge in [-0.05, 0) is 12.8 Å². The van der Waals surface area contributed by atoms with Crippen LogP contribution in [0.2, 0.25) is 0 Å². The van der Waals surface area contributed by atoms with Crippen LogP contribution in [-0.4, -0.2) is 17.7 Å². The Bertz CT molecular complexity index is 146. The summed E-state index contributed by atoms with van der Waals surface area (Å²) < 4.78 is 4.25. The van der Waals surface area contributed by atoms with E-state index in [1.165, 1.54) is 0 Å². The van der Waals surface area contributed by atoms with Crippen molar-refractivity contribution in [3.8, 4) is 12.5 Å². The minimum absolute atomic E-state index is 0.171. The van der Waals surface area contributed by atoms with Crippen LogP contribution in [-0.2, 0) is 9.53 Å². The van der Waals surface area contributed by atoms with Gasteiger partial charge in [0.2, 0.25) is 0 Å². The molecule has 0 unspecified atom stereocenters. The van der Waals surface area contributed by atoms with Crippen molar-refractivity contribution < 1.29 is 14.6 Å². The Hall–Kier alpha value is -1.01. The SMILES string of the molecule is C#COC(=O)CCCCCO. The molecule has 0 radical (unpaired) electrons. The highest BCUT2D eigenvalue weighted by Gasteiger charge is 1.99. The largest absolute Gasteiger partial charge is 0.396 e. The van der Waals surface area contributed by atoms with Gasteiger partial charge in [0.15, 0.2) is 0 Å². The van der Waals surface area contributed by atoms with Crippen molar-refractivity contribution in [2.75, 3.05) is 6.61 Å². The average Bonchev–Trinajstić information content (AvgIpc) is 1.99. The van der Waals surface area contributed by atoms with Crippen molar-refractivity contribution >= 4 is 5.97 Å². The Morgan fingerprint density at radius 1 is 1.45 bits per heavy atom. The molecule has 0 atom stereocenters. The number of terminal acetylenes is 1. The van der Waals surface area contributed by atoms with Crippen LogP contribution in [0.1, 0.15) is 25.7 Å². The Labute approximate surface area is 66.4 Å². The van der Waals surface area contributed by atoms with Crippen molar-refractivity contribution in [2.45, 2.75) is 25.7 Å². The zero-order valence-electron chi connectivity index (χ0n) is 6.38. The van der Waals surface area contributed by atoms with Gasteiger partial charge in [-0.3, -0.25) is 4.79 Å². The molecule has 1 N–H and O–H groups in total. The van der Waals surface area contributed by atoms with E-state index in [-0.39, 0.29) is 12.6 Å². The summed E-state index contributed by atoms with van der Waals surface area (Å²) in [6.07, 6.45) is 9.15. The van der Waals surface area contributed by atoms with E-state index in [1.807, 2.05) is 6.11 Å². The fourth-order valence-corrected chi connectivity index (χ4v) is 0.675. The molecule has 0 aliphatic carbocycles. The van der Waals surface area contributed by atoms with Gasteiger partial charge in [0.1, 0.15) is 6.11 Å². The number of ether oxygens (including phenoxy) is 1. The predicted octanol–water partition coefficient (Wildman–Crippen LogP) is 0.673. The topological polar surface area (TPSA) is 46.5 Å². The second-order valence-electron chi connectivity index (χ2n) is 2.13. The molecule has 0 saturated carbocycles. The lowest BCUT2D eigenvalue weighted by molar-refractivity contribution is -0.136. The summed E-state index contributed by atoms with van der Waals surface area (Å²) in [5.41, 5.74) is 0. The Balaban J connectivity index is 3.12. The third-order valence-electron chi connectivity index (χ3n) is 1.21. The summed E-state index contributed by atoms with van der Waals surface area (Å²) in [6, 6.07) is 0. The zero-order chi connectivity index (χ0) is 8.53. The van der Waals surface area contributed by atoms with Gasteiger partial charge in [0.05, 0.1) is 0 Å². The third-order valence-corrected chi connectivity index (χ3v) is 1.21. The van der Waals surface area contributed by atoms with E-state index in [4.69, 9.17) is 11.5 Å². The van der Waals surface area contributed by atoms with Crippen molar-refractivity contribution in [3.63, 3.8) is 0 Å². The first-order valence-corrected chi connectivity index (χ1v) is 3.57. The van der Waals surface area contributed by atoms with Crippen LogP contribution in [0.5, 0.6) is 0 Å². The molecule has 3 nitrogen and oxygen atoms in total. The molecule has 0 saturated heterocycles. The van der Waals surface area contributed by atoms with Gasteiger partial charge < -0.3 is 9.84 Å². The lowest BCUT2D eigenvalue weighted by atomic mass is 10.2. The lowest BCUT2D eigenvalue weighted by Gasteiger charge is -1.95. The minimum Gasteiger partial charge on any atom is -0.396 e. The number of hydrogen-bond donors (Lipinski definition) is 1. The van der Waals surface area contributed by atoms with Gasteiger partial charge in [0, 0.05) is 13.0 Å². The van der Waals surface area contributed by atoms with E-state index in [0.29, 0.717) is 6.42 Å². The Morgan fingerprint density at radius 3 is 2.73 bits per heavy atom. The third kappa shape index (κ3) is 6.88. The monoisotopic (exact) mass is 156 g/mol. The molecule has 3 heteroatoms. The predicted molar refractivity (Wildman–Crippen MR) is 40.5 cm³/mol. The molecule has 0 aromatic carbocycles. The van der Waals surface area contributed by atoms with E-state index in [9.17, 15) is 4.79 Å². The van der Waals surface area contributed by atoms with Crippen molar-refractivity contribution in [2.24, 2.45) is 0 Å². The van der Waals surface area contributed by atoms with E-state index in [1.54, 1.807) is 0 Å². The van der Waals surface area contributed by atoms with Gasteiger partial charge >= 0.3 is 5.97 Å². The number of hydrogen-bond acceptors (Lipinski definition) is 3. The van der Waals surface area contributed by atoms with Crippen LogP contribution < -0.4 is 0 Å². The van der Waals surface area contributed by atoms with Crippen LogP contribution in [0.4, 0.5) is 0 Å². The number of carbonyl (C=O) groups excluding carboxylic acids is 1. The summed E-state index contributed by atoms with van der Waals surface area (Å²) in [5.74, 6) is -0.370. The maximum atomic E-state index is 10.6. The van der Waals surface area contributed by atoms with E-state index in [2.05, 4.69) is 4.74 Å². The fraction of sp³-hybridized carbons (Fsp3) is 0.625. The molecule has 0 fully saturated rings. The number of rotatable bonds is 5. The van der Waals surface area contributed by atoms with Gasteiger partial charge in [0.25, 0.3) is 0 Å². The molecule has 62 valence electrons. The quantitative estimate of drug-likeness (QED) is 0.361. The van der Waals surface area contributed by atoms with Crippen LogP contribution in [0.25, 0.3) is 0 Å². The van der Waals surface area contributed by atoms with Crippen molar-refractivity contribution in [1.82, 2.24) is 0 Å². The number of aliphatic hydroxyl groups is 1. The normalized spacial score (nSPS) is 8.73. The zero-order valence-corrected chi connectivity index (χ0v) is 6.38. The maximum Gasteiger partial charge on any atom is 0.319 e. The molecule has 0 bridgehead atoms. The second-order valence-corrected chi connectivity index (χ2v) is 2.13.